The number of methoxy groups -OCH3 is 1. The molecule has 1 atom stereocenters. The van der Waals surface area contributed by atoms with Gasteiger partial charge in [0.25, 0.3) is 0 Å². The maximum atomic E-state index is 11.2. The van der Waals surface area contributed by atoms with Crippen molar-refractivity contribution in [3.8, 4) is 17.6 Å². The van der Waals surface area contributed by atoms with Gasteiger partial charge in [0.05, 0.1) is 31.4 Å². The number of hydrogen-bond acceptors (Lipinski definition) is 5. The van der Waals surface area contributed by atoms with Gasteiger partial charge < -0.3 is 14.6 Å². The lowest BCUT2D eigenvalue weighted by Gasteiger charge is -2.27. The van der Waals surface area contributed by atoms with Gasteiger partial charge in [-0.2, -0.15) is 5.26 Å². The lowest BCUT2D eigenvalue weighted by molar-refractivity contribution is 0.0805. The molecule has 25 heavy (non-hydrogen) atoms. The first-order valence-electron chi connectivity index (χ1n) is 8.53. The van der Waals surface area contributed by atoms with E-state index in [1.54, 1.807) is 49.7 Å². The number of nitriles is 1. The maximum absolute atomic E-state index is 11.2. The lowest BCUT2D eigenvalue weighted by atomic mass is 9.87. The number of hydrogen-bond donors (Lipinski definition) is 1. The van der Waals surface area contributed by atoms with Crippen LogP contribution in [0.1, 0.15) is 43.4 Å². The Labute approximate surface area is 147 Å². The lowest BCUT2D eigenvalue weighted by Crippen LogP contribution is -2.28. The zero-order valence-corrected chi connectivity index (χ0v) is 14.3. The molecule has 1 aromatic carbocycles. The van der Waals surface area contributed by atoms with E-state index in [1.165, 1.54) is 12.8 Å². The van der Waals surface area contributed by atoms with Crippen LogP contribution in [-0.2, 0) is 5.60 Å². The molecule has 1 unspecified atom stereocenters. The highest BCUT2D eigenvalue weighted by Crippen LogP contribution is 2.38. The van der Waals surface area contributed by atoms with Gasteiger partial charge in [-0.1, -0.05) is 12.1 Å². The van der Waals surface area contributed by atoms with Gasteiger partial charge in [0.15, 0.2) is 11.5 Å². The van der Waals surface area contributed by atoms with Gasteiger partial charge in [0.1, 0.15) is 5.60 Å². The summed E-state index contributed by atoms with van der Waals surface area (Å²) in [5.74, 6) is 1.22. The molecule has 1 saturated carbocycles. The van der Waals surface area contributed by atoms with Gasteiger partial charge in [0, 0.05) is 6.20 Å². The van der Waals surface area contributed by atoms with Gasteiger partial charge in [-0.25, -0.2) is 0 Å². The maximum Gasteiger partial charge on any atom is 0.161 e. The number of aliphatic hydroxyl groups is 1. The normalized spacial score (nSPS) is 16.8. The molecule has 3 rings (SSSR count). The molecule has 1 aliphatic carbocycles. The average Bonchev–Trinajstić information content (AvgIpc) is 3.15. The minimum atomic E-state index is -1.49. The van der Waals surface area contributed by atoms with Crippen LogP contribution in [0.4, 0.5) is 0 Å². The molecule has 5 nitrogen and oxygen atoms in total. The van der Waals surface area contributed by atoms with Crippen molar-refractivity contribution in [2.24, 2.45) is 0 Å². The van der Waals surface area contributed by atoms with Crippen molar-refractivity contribution in [3.63, 3.8) is 0 Å². The third-order valence-electron chi connectivity index (χ3n) is 4.66. The molecule has 0 saturated heterocycles. The van der Waals surface area contributed by atoms with Crippen molar-refractivity contribution in [2.45, 2.75) is 43.8 Å². The molecule has 1 fully saturated rings. The fraction of sp³-hybridized carbons (Fsp3) is 0.400. The largest absolute Gasteiger partial charge is 0.493 e. The molecule has 0 spiro atoms. The monoisotopic (exact) mass is 338 g/mol. The molecule has 1 heterocycles. The fourth-order valence-corrected chi connectivity index (χ4v) is 3.27. The number of nitrogens with zero attached hydrogens (tertiary/aromatic N) is 2. The molecule has 0 aliphatic heterocycles. The third kappa shape index (κ3) is 3.59. The van der Waals surface area contributed by atoms with Crippen LogP contribution < -0.4 is 9.47 Å². The van der Waals surface area contributed by atoms with Crippen molar-refractivity contribution in [1.29, 1.82) is 5.26 Å². The van der Waals surface area contributed by atoms with E-state index >= 15 is 0 Å². The van der Waals surface area contributed by atoms with Crippen LogP contribution in [0.5, 0.6) is 11.5 Å². The number of benzene rings is 1. The van der Waals surface area contributed by atoms with Crippen LogP contribution in [0.2, 0.25) is 0 Å². The Morgan fingerprint density at radius 3 is 2.68 bits per heavy atom. The van der Waals surface area contributed by atoms with Gasteiger partial charge in [-0.05, 0) is 55.5 Å². The second kappa shape index (κ2) is 7.54. The zero-order valence-electron chi connectivity index (χ0n) is 14.3. The highest BCUT2D eigenvalue weighted by atomic mass is 16.5. The number of rotatable bonds is 6. The summed E-state index contributed by atoms with van der Waals surface area (Å²) in [4.78, 5) is 4.25. The molecule has 2 aromatic rings. The smallest absolute Gasteiger partial charge is 0.161 e. The quantitative estimate of drug-likeness (QED) is 0.871. The van der Waals surface area contributed by atoms with Crippen molar-refractivity contribution in [3.05, 3.63) is 53.9 Å². The summed E-state index contributed by atoms with van der Waals surface area (Å²) in [5, 5.41) is 20.5. The summed E-state index contributed by atoms with van der Waals surface area (Å²) in [7, 11) is 1.59. The Balaban J connectivity index is 2.00. The standard InChI is InChI=1S/C20H22N2O3/c1-24-17-10-9-15(14-18(17)25-16-6-2-3-7-16)20(23,11-12-21)19-8-4-5-13-22-19/h4-5,8-10,13-14,16,23H,2-3,6-7,11H2,1H3. The molecule has 0 radical (unpaired) electrons. The van der Waals surface area contributed by atoms with E-state index in [0.29, 0.717) is 22.8 Å². The van der Waals surface area contributed by atoms with Gasteiger partial charge in [-0.3, -0.25) is 4.98 Å². The summed E-state index contributed by atoms with van der Waals surface area (Å²) in [6, 6.07) is 12.7. The Kier molecular flexibility index (Phi) is 5.20. The van der Waals surface area contributed by atoms with E-state index in [9.17, 15) is 10.4 Å². The van der Waals surface area contributed by atoms with Crippen LogP contribution in [0, 0.1) is 11.3 Å². The van der Waals surface area contributed by atoms with Gasteiger partial charge >= 0.3 is 0 Å². The predicted molar refractivity (Wildman–Crippen MR) is 93.3 cm³/mol. The fourth-order valence-electron chi connectivity index (χ4n) is 3.27. The Bertz CT molecular complexity index is 751. The van der Waals surface area contributed by atoms with E-state index in [-0.39, 0.29) is 12.5 Å². The molecule has 0 amide bonds. The Hall–Kier alpha value is -2.58. The van der Waals surface area contributed by atoms with Crippen molar-refractivity contribution >= 4 is 0 Å². The van der Waals surface area contributed by atoms with Gasteiger partial charge in [-0.15, -0.1) is 0 Å². The highest BCUT2D eigenvalue weighted by molar-refractivity contribution is 5.47. The summed E-state index contributed by atoms with van der Waals surface area (Å²) >= 11 is 0. The number of ether oxygens (including phenoxy) is 2. The summed E-state index contributed by atoms with van der Waals surface area (Å²) in [6.07, 6.45) is 6.06. The number of aromatic nitrogens is 1. The second-order valence-corrected chi connectivity index (χ2v) is 6.30. The van der Waals surface area contributed by atoms with Crippen LogP contribution in [0.15, 0.2) is 42.6 Å². The molecule has 130 valence electrons. The second-order valence-electron chi connectivity index (χ2n) is 6.30. The van der Waals surface area contributed by atoms with E-state index in [2.05, 4.69) is 11.1 Å². The zero-order chi connectivity index (χ0) is 17.7. The van der Waals surface area contributed by atoms with Crippen LogP contribution in [-0.4, -0.2) is 23.3 Å². The number of pyridine rings is 1. The van der Waals surface area contributed by atoms with E-state index in [1.807, 2.05) is 0 Å². The molecule has 5 heteroatoms. The summed E-state index contributed by atoms with van der Waals surface area (Å²) in [5.41, 5.74) is -0.481. The first-order valence-corrected chi connectivity index (χ1v) is 8.53. The first-order chi connectivity index (χ1) is 12.2. The Morgan fingerprint density at radius 1 is 1.24 bits per heavy atom. The average molecular weight is 338 g/mol. The van der Waals surface area contributed by atoms with Gasteiger partial charge in [0.2, 0.25) is 0 Å². The van der Waals surface area contributed by atoms with Crippen molar-refractivity contribution in [2.75, 3.05) is 7.11 Å². The molecule has 1 aromatic heterocycles. The minimum Gasteiger partial charge on any atom is -0.493 e. The third-order valence-corrected chi connectivity index (χ3v) is 4.66. The first kappa shape index (κ1) is 17.2. The van der Waals surface area contributed by atoms with Crippen molar-refractivity contribution in [1.82, 2.24) is 4.98 Å². The highest BCUT2D eigenvalue weighted by Gasteiger charge is 2.34. The van der Waals surface area contributed by atoms with E-state index < -0.39 is 5.60 Å². The summed E-state index contributed by atoms with van der Waals surface area (Å²) in [6.45, 7) is 0. The molecular weight excluding hydrogens is 316 g/mol. The predicted octanol–water partition coefficient (Wildman–Crippen LogP) is 3.56. The van der Waals surface area contributed by atoms with Crippen LogP contribution in [0.25, 0.3) is 0 Å². The molecular formula is C20H22N2O3. The molecule has 1 aliphatic rings. The van der Waals surface area contributed by atoms with Crippen molar-refractivity contribution < 1.29 is 14.6 Å². The summed E-state index contributed by atoms with van der Waals surface area (Å²) < 4.78 is 11.5. The van der Waals surface area contributed by atoms with Crippen LogP contribution in [0.3, 0.4) is 0 Å². The minimum absolute atomic E-state index is 0.0980. The molecule has 0 bridgehead atoms. The van der Waals surface area contributed by atoms with E-state index in [0.717, 1.165) is 12.8 Å². The SMILES string of the molecule is COc1ccc(C(O)(CC#N)c2ccccn2)cc1OC1CCCC1. The Morgan fingerprint density at radius 2 is 2.04 bits per heavy atom. The van der Waals surface area contributed by atoms with Crippen LogP contribution >= 0.6 is 0 Å². The van der Waals surface area contributed by atoms with E-state index in [4.69, 9.17) is 9.47 Å². The molecule has 1 N–H and O–H groups in total. The topological polar surface area (TPSA) is 75.4 Å².